The van der Waals surface area contributed by atoms with Gasteiger partial charge in [-0.1, -0.05) is 18.2 Å². The number of carbonyl (C=O) groups excluding carboxylic acids is 1. The van der Waals surface area contributed by atoms with Crippen molar-refractivity contribution in [2.24, 2.45) is 0 Å². The number of anilines is 1. The third kappa shape index (κ3) is 2.56. The number of amides is 1. The van der Waals surface area contributed by atoms with Gasteiger partial charge in [0.2, 0.25) is 0 Å². The van der Waals surface area contributed by atoms with Gasteiger partial charge < -0.3 is 9.64 Å². The molecule has 0 spiro atoms. The summed E-state index contributed by atoms with van der Waals surface area (Å²) in [6.45, 7) is 6.82. The summed E-state index contributed by atoms with van der Waals surface area (Å²) in [7, 11) is 0. The van der Waals surface area contributed by atoms with Gasteiger partial charge in [-0.15, -0.1) is 0 Å². The number of hydrogen-bond donors (Lipinski definition) is 0. The van der Waals surface area contributed by atoms with Crippen molar-refractivity contribution in [3.8, 4) is 0 Å². The van der Waals surface area contributed by atoms with Crippen LogP contribution in [0, 0.1) is 6.92 Å². The second kappa shape index (κ2) is 5.53. The van der Waals surface area contributed by atoms with Crippen molar-refractivity contribution in [2.45, 2.75) is 45.8 Å². The minimum Gasteiger partial charge on any atom is -0.368 e. The zero-order valence-corrected chi connectivity index (χ0v) is 11.3. The normalized spacial score (nSPS) is 19.2. The molecule has 3 heteroatoms. The molecule has 0 saturated carbocycles. The van der Waals surface area contributed by atoms with Gasteiger partial charge in [-0.25, -0.2) is 0 Å². The number of benzene rings is 1. The first-order valence-corrected chi connectivity index (χ1v) is 6.61. The molecular formula is C15H21NO2. The largest absolute Gasteiger partial charge is 0.368 e. The monoisotopic (exact) mass is 247 g/mol. The van der Waals surface area contributed by atoms with Gasteiger partial charge in [0.15, 0.2) is 0 Å². The van der Waals surface area contributed by atoms with E-state index in [-0.39, 0.29) is 18.1 Å². The molecule has 0 aromatic heterocycles. The number of para-hydroxylation sites is 1. The molecule has 0 unspecified atom stereocenters. The lowest BCUT2D eigenvalue weighted by atomic mass is 10.1. The minimum absolute atomic E-state index is 0.0943. The fourth-order valence-corrected chi connectivity index (χ4v) is 2.41. The minimum atomic E-state index is -0.257. The molecule has 0 N–H and O–H groups in total. The summed E-state index contributed by atoms with van der Waals surface area (Å²) < 4.78 is 5.52. The molecule has 0 radical (unpaired) electrons. The van der Waals surface area contributed by atoms with E-state index in [1.807, 2.05) is 49.9 Å². The molecule has 1 aromatic carbocycles. The number of nitrogens with zero attached hydrogens (tertiary/aromatic N) is 1. The second-order valence-electron chi connectivity index (χ2n) is 5.09. The van der Waals surface area contributed by atoms with Crippen LogP contribution in [0.15, 0.2) is 24.3 Å². The molecule has 0 bridgehead atoms. The highest BCUT2D eigenvalue weighted by Crippen LogP contribution is 2.25. The van der Waals surface area contributed by atoms with Crippen LogP contribution < -0.4 is 4.90 Å². The van der Waals surface area contributed by atoms with E-state index in [0.29, 0.717) is 6.61 Å². The molecule has 1 fully saturated rings. The lowest BCUT2D eigenvalue weighted by Gasteiger charge is -2.30. The first-order valence-electron chi connectivity index (χ1n) is 6.61. The zero-order valence-electron chi connectivity index (χ0n) is 11.3. The molecule has 1 saturated heterocycles. The fraction of sp³-hybridized carbons (Fsp3) is 0.533. The van der Waals surface area contributed by atoms with Crippen molar-refractivity contribution in [3.05, 3.63) is 29.8 Å². The van der Waals surface area contributed by atoms with Gasteiger partial charge in [-0.05, 0) is 45.2 Å². The molecule has 1 atom stereocenters. The molecule has 2 rings (SSSR count). The first kappa shape index (κ1) is 13.1. The van der Waals surface area contributed by atoms with Crippen LogP contribution in [0.5, 0.6) is 0 Å². The Bertz CT molecular complexity index is 422. The lowest BCUT2D eigenvalue weighted by Crippen LogP contribution is -2.43. The third-order valence-corrected chi connectivity index (χ3v) is 3.33. The number of ether oxygens (including phenoxy) is 1. The standard InChI is InChI=1S/C15H21NO2/c1-11(2)16(13-8-5-4-7-12(13)3)15(17)14-9-6-10-18-14/h4-5,7-8,11,14H,6,9-10H2,1-3H3/t14-/m1/s1. The van der Waals surface area contributed by atoms with E-state index in [2.05, 4.69) is 0 Å². The summed E-state index contributed by atoms with van der Waals surface area (Å²) in [5.74, 6) is 0.0943. The molecule has 1 aliphatic rings. The van der Waals surface area contributed by atoms with E-state index in [1.165, 1.54) is 0 Å². The van der Waals surface area contributed by atoms with Crippen LogP contribution >= 0.6 is 0 Å². The molecule has 18 heavy (non-hydrogen) atoms. The Morgan fingerprint density at radius 1 is 1.39 bits per heavy atom. The summed E-state index contributed by atoms with van der Waals surface area (Å²) >= 11 is 0. The van der Waals surface area contributed by atoms with Crippen molar-refractivity contribution in [3.63, 3.8) is 0 Å². The number of carbonyl (C=O) groups is 1. The van der Waals surface area contributed by atoms with Gasteiger partial charge in [-0.2, -0.15) is 0 Å². The van der Waals surface area contributed by atoms with Crippen LogP contribution in [0.2, 0.25) is 0 Å². The number of rotatable bonds is 3. The molecule has 1 heterocycles. The second-order valence-corrected chi connectivity index (χ2v) is 5.09. The topological polar surface area (TPSA) is 29.5 Å². The maximum absolute atomic E-state index is 12.5. The van der Waals surface area contributed by atoms with Gasteiger partial charge in [0.25, 0.3) is 5.91 Å². The van der Waals surface area contributed by atoms with Crippen LogP contribution in [-0.4, -0.2) is 24.7 Å². The van der Waals surface area contributed by atoms with Crippen LogP contribution in [0.1, 0.15) is 32.3 Å². The van der Waals surface area contributed by atoms with E-state index in [0.717, 1.165) is 24.1 Å². The lowest BCUT2D eigenvalue weighted by molar-refractivity contribution is -0.127. The Hall–Kier alpha value is -1.35. The quantitative estimate of drug-likeness (QED) is 0.822. The van der Waals surface area contributed by atoms with Crippen LogP contribution in [0.3, 0.4) is 0 Å². The van der Waals surface area contributed by atoms with E-state index in [1.54, 1.807) is 0 Å². The van der Waals surface area contributed by atoms with E-state index in [4.69, 9.17) is 4.74 Å². The van der Waals surface area contributed by atoms with Crippen LogP contribution in [0.4, 0.5) is 5.69 Å². The molecule has 1 aliphatic heterocycles. The number of hydrogen-bond acceptors (Lipinski definition) is 2. The van der Waals surface area contributed by atoms with Crippen molar-refractivity contribution in [1.82, 2.24) is 0 Å². The highest BCUT2D eigenvalue weighted by atomic mass is 16.5. The van der Waals surface area contributed by atoms with E-state index in [9.17, 15) is 4.79 Å². The Labute approximate surface area is 109 Å². The predicted molar refractivity (Wildman–Crippen MR) is 72.8 cm³/mol. The first-order chi connectivity index (χ1) is 8.61. The van der Waals surface area contributed by atoms with E-state index < -0.39 is 0 Å². The Kier molecular flexibility index (Phi) is 4.02. The van der Waals surface area contributed by atoms with Crippen molar-refractivity contribution in [2.75, 3.05) is 11.5 Å². The summed E-state index contributed by atoms with van der Waals surface area (Å²) in [4.78, 5) is 14.4. The van der Waals surface area contributed by atoms with Gasteiger partial charge >= 0.3 is 0 Å². The fourth-order valence-electron chi connectivity index (χ4n) is 2.41. The zero-order chi connectivity index (χ0) is 13.1. The molecule has 98 valence electrons. The van der Waals surface area contributed by atoms with Crippen molar-refractivity contribution >= 4 is 11.6 Å². The Balaban J connectivity index is 2.28. The maximum atomic E-state index is 12.5. The molecule has 1 amide bonds. The van der Waals surface area contributed by atoms with Crippen LogP contribution in [-0.2, 0) is 9.53 Å². The summed E-state index contributed by atoms with van der Waals surface area (Å²) in [6.07, 6.45) is 1.57. The van der Waals surface area contributed by atoms with Crippen molar-refractivity contribution in [1.29, 1.82) is 0 Å². The van der Waals surface area contributed by atoms with Gasteiger partial charge in [0.1, 0.15) is 6.10 Å². The average Bonchev–Trinajstić information content (AvgIpc) is 2.85. The SMILES string of the molecule is Cc1ccccc1N(C(=O)[C@H]1CCCO1)C(C)C. The molecule has 1 aromatic rings. The molecular weight excluding hydrogens is 226 g/mol. The smallest absolute Gasteiger partial charge is 0.256 e. The van der Waals surface area contributed by atoms with Gasteiger partial charge in [0.05, 0.1) is 0 Å². The summed E-state index contributed by atoms with van der Waals surface area (Å²) in [5.41, 5.74) is 2.12. The summed E-state index contributed by atoms with van der Waals surface area (Å²) in [5, 5.41) is 0. The highest BCUT2D eigenvalue weighted by molar-refractivity contribution is 5.97. The molecule has 0 aliphatic carbocycles. The maximum Gasteiger partial charge on any atom is 0.256 e. The number of aryl methyl sites for hydroxylation is 1. The highest BCUT2D eigenvalue weighted by Gasteiger charge is 2.30. The van der Waals surface area contributed by atoms with Crippen molar-refractivity contribution < 1.29 is 9.53 Å². The van der Waals surface area contributed by atoms with Crippen LogP contribution in [0.25, 0.3) is 0 Å². The molecule has 3 nitrogen and oxygen atoms in total. The van der Waals surface area contributed by atoms with Gasteiger partial charge in [-0.3, -0.25) is 4.79 Å². The Morgan fingerprint density at radius 3 is 2.67 bits per heavy atom. The predicted octanol–water partition coefficient (Wildman–Crippen LogP) is 2.92. The third-order valence-electron chi connectivity index (χ3n) is 3.33. The summed E-state index contributed by atoms with van der Waals surface area (Å²) in [6, 6.07) is 8.15. The van der Waals surface area contributed by atoms with E-state index >= 15 is 0 Å². The van der Waals surface area contributed by atoms with Gasteiger partial charge in [0, 0.05) is 18.3 Å². The average molecular weight is 247 g/mol. The Morgan fingerprint density at radius 2 is 2.11 bits per heavy atom.